The highest BCUT2D eigenvalue weighted by Gasteiger charge is 2.34. The quantitative estimate of drug-likeness (QED) is 0.227. The van der Waals surface area contributed by atoms with Crippen LogP contribution in [0.25, 0.3) is 11.1 Å². The van der Waals surface area contributed by atoms with Crippen molar-refractivity contribution in [1.29, 1.82) is 0 Å². The third-order valence-corrected chi connectivity index (χ3v) is 10.3. The average Bonchev–Trinajstić information content (AvgIpc) is 3.46. The zero-order chi connectivity index (χ0) is 35.9. The molecule has 3 N–H and O–H groups in total. The van der Waals surface area contributed by atoms with Crippen molar-refractivity contribution in [2.75, 3.05) is 19.8 Å². The molecule has 0 saturated heterocycles. The molecule has 268 valence electrons. The molecule has 3 amide bonds. The molecule has 1 aliphatic carbocycles. The first-order valence-electron chi connectivity index (χ1n) is 17.9. The largest absolute Gasteiger partial charge is 0.462 e. The number of alkyl carbamates (subject to hydrolysis) is 1. The van der Waals surface area contributed by atoms with Crippen LogP contribution in [0.3, 0.4) is 0 Å². The maximum atomic E-state index is 13.7. The Bertz CT molecular complexity index is 1730. The Morgan fingerprint density at radius 2 is 1.63 bits per heavy atom. The lowest BCUT2D eigenvalue weighted by Gasteiger charge is -2.36. The van der Waals surface area contributed by atoms with Gasteiger partial charge in [0.25, 0.3) is 0 Å². The summed E-state index contributed by atoms with van der Waals surface area (Å²) in [6.07, 6.45) is 4.54. The van der Waals surface area contributed by atoms with E-state index < -0.39 is 30.1 Å². The standard InChI is InChI=1S/C41H47N3O7/c1-26(2)37-25-50-40(48)36(43-41(49)51-24-35-33-17-10-8-15-31(33)32-16-9-11-18-34(32)35)19-5-3-4-13-28(39(47)42-37)21-38(46)44-22-29-14-7-6-12-27(29)20-30(44)23-45/h3-4,6-12,14-18,26,28,30,35-37,45H,5,13,19-25H2,1-2H3,(H,42,47)(H,43,49). The number of esters is 1. The van der Waals surface area contributed by atoms with Gasteiger partial charge in [0.2, 0.25) is 11.8 Å². The highest BCUT2D eigenvalue weighted by molar-refractivity contribution is 5.87. The van der Waals surface area contributed by atoms with Crippen LogP contribution in [0.1, 0.15) is 67.7 Å². The number of allylic oxidation sites excluding steroid dienone is 2. The summed E-state index contributed by atoms with van der Waals surface area (Å²) in [4.78, 5) is 55.4. The van der Waals surface area contributed by atoms with Crippen molar-refractivity contribution in [3.8, 4) is 11.1 Å². The van der Waals surface area contributed by atoms with E-state index in [0.29, 0.717) is 25.8 Å². The van der Waals surface area contributed by atoms with Crippen LogP contribution in [0, 0.1) is 11.8 Å². The Balaban J connectivity index is 1.10. The van der Waals surface area contributed by atoms with E-state index in [2.05, 4.69) is 22.8 Å². The maximum Gasteiger partial charge on any atom is 0.407 e. The smallest absolute Gasteiger partial charge is 0.407 e. The summed E-state index contributed by atoms with van der Waals surface area (Å²) in [5.41, 5.74) is 6.58. The third kappa shape index (κ3) is 8.34. The molecule has 0 radical (unpaired) electrons. The number of carbonyl (C=O) groups excluding carboxylic acids is 4. The Hall–Kier alpha value is -4.96. The molecule has 4 unspecified atom stereocenters. The molecule has 10 nitrogen and oxygen atoms in total. The number of fused-ring (bicyclic) bond motifs is 4. The maximum absolute atomic E-state index is 13.7. The van der Waals surface area contributed by atoms with E-state index in [1.54, 1.807) is 4.90 Å². The number of rotatable bonds is 7. The monoisotopic (exact) mass is 693 g/mol. The lowest BCUT2D eigenvalue weighted by Crippen LogP contribution is -2.49. The van der Waals surface area contributed by atoms with E-state index >= 15 is 0 Å². The second kappa shape index (κ2) is 16.4. The van der Waals surface area contributed by atoms with Gasteiger partial charge in [-0.05, 0) is 65.0 Å². The minimum Gasteiger partial charge on any atom is -0.462 e. The van der Waals surface area contributed by atoms with Crippen molar-refractivity contribution >= 4 is 23.9 Å². The van der Waals surface area contributed by atoms with Crippen LogP contribution in [-0.2, 0) is 36.8 Å². The van der Waals surface area contributed by atoms with Crippen LogP contribution in [-0.4, -0.2) is 71.8 Å². The molecule has 2 heterocycles. The van der Waals surface area contributed by atoms with Gasteiger partial charge >= 0.3 is 12.1 Å². The Labute approximate surface area is 299 Å². The lowest BCUT2D eigenvalue weighted by atomic mass is 9.92. The van der Waals surface area contributed by atoms with Crippen LogP contribution < -0.4 is 10.6 Å². The van der Waals surface area contributed by atoms with Crippen molar-refractivity contribution in [2.45, 2.75) is 76.5 Å². The van der Waals surface area contributed by atoms with Gasteiger partial charge in [-0.3, -0.25) is 9.59 Å². The average molecular weight is 694 g/mol. The fraction of sp³-hybridized carbons (Fsp3) is 0.415. The normalized spacial score (nSPS) is 22.3. The van der Waals surface area contributed by atoms with Crippen LogP contribution in [0.2, 0.25) is 0 Å². The van der Waals surface area contributed by atoms with Crippen molar-refractivity contribution in [3.63, 3.8) is 0 Å². The number of cyclic esters (lactones) is 1. The summed E-state index contributed by atoms with van der Waals surface area (Å²) in [6.45, 7) is 4.08. The number of hydrogen-bond acceptors (Lipinski definition) is 7. The Morgan fingerprint density at radius 3 is 2.31 bits per heavy atom. The van der Waals surface area contributed by atoms with Gasteiger partial charge in [-0.2, -0.15) is 0 Å². The molecule has 3 aromatic carbocycles. The summed E-state index contributed by atoms with van der Waals surface area (Å²) in [7, 11) is 0. The summed E-state index contributed by atoms with van der Waals surface area (Å²) in [5, 5.41) is 15.8. The van der Waals surface area contributed by atoms with Crippen LogP contribution >= 0.6 is 0 Å². The fourth-order valence-electron chi connectivity index (χ4n) is 7.30. The molecule has 2 aliphatic heterocycles. The Kier molecular flexibility index (Phi) is 11.5. The Morgan fingerprint density at radius 1 is 0.961 bits per heavy atom. The highest BCUT2D eigenvalue weighted by Crippen LogP contribution is 2.44. The summed E-state index contributed by atoms with van der Waals surface area (Å²) >= 11 is 0. The van der Waals surface area contributed by atoms with E-state index in [1.807, 2.05) is 86.7 Å². The third-order valence-electron chi connectivity index (χ3n) is 10.3. The first-order chi connectivity index (χ1) is 24.7. The van der Waals surface area contributed by atoms with Gasteiger partial charge < -0.3 is 30.1 Å². The van der Waals surface area contributed by atoms with Gasteiger partial charge in [-0.25, -0.2) is 9.59 Å². The van der Waals surface area contributed by atoms with Gasteiger partial charge in [0.05, 0.1) is 24.6 Å². The molecule has 51 heavy (non-hydrogen) atoms. The van der Waals surface area contributed by atoms with Gasteiger partial charge in [0.1, 0.15) is 19.3 Å². The number of nitrogens with one attached hydrogen (secondary N) is 2. The zero-order valence-electron chi connectivity index (χ0n) is 29.3. The molecule has 4 atom stereocenters. The second-order valence-corrected chi connectivity index (χ2v) is 14.0. The van der Waals surface area contributed by atoms with Gasteiger partial charge in [0.15, 0.2) is 0 Å². The SMILES string of the molecule is CC(C)C1COC(=O)C(NC(=O)OCC2c3ccccc3-c3ccccc32)CCC=CCC(CC(=O)N2Cc3ccccc3CC2CO)C(=O)N1. The molecule has 6 rings (SSSR count). The number of nitrogens with zero attached hydrogens (tertiary/aromatic N) is 1. The number of aliphatic hydroxyl groups excluding tert-OH is 1. The van der Waals surface area contributed by atoms with Gasteiger partial charge in [0, 0.05) is 18.9 Å². The highest BCUT2D eigenvalue weighted by atomic mass is 16.6. The predicted molar refractivity (Wildman–Crippen MR) is 192 cm³/mol. The molecule has 3 aliphatic rings. The van der Waals surface area contributed by atoms with Crippen LogP contribution in [0.4, 0.5) is 4.79 Å². The summed E-state index contributed by atoms with van der Waals surface area (Å²) in [6, 6.07) is 22.2. The first kappa shape index (κ1) is 35.9. The van der Waals surface area contributed by atoms with Crippen molar-refractivity contribution in [2.24, 2.45) is 11.8 Å². The van der Waals surface area contributed by atoms with E-state index in [-0.39, 0.29) is 62.4 Å². The van der Waals surface area contributed by atoms with Crippen LogP contribution in [0.5, 0.6) is 0 Å². The predicted octanol–water partition coefficient (Wildman–Crippen LogP) is 5.27. The number of carbonyl (C=O) groups is 4. The summed E-state index contributed by atoms with van der Waals surface area (Å²) in [5.74, 6) is -1.95. The topological polar surface area (TPSA) is 134 Å². The lowest BCUT2D eigenvalue weighted by molar-refractivity contribution is -0.148. The fourth-order valence-corrected chi connectivity index (χ4v) is 7.30. The molecule has 10 heteroatoms. The van der Waals surface area contributed by atoms with E-state index in [9.17, 15) is 24.3 Å². The second-order valence-electron chi connectivity index (χ2n) is 14.0. The first-order valence-corrected chi connectivity index (χ1v) is 17.9. The van der Waals surface area contributed by atoms with E-state index in [1.165, 1.54) is 0 Å². The van der Waals surface area contributed by atoms with E-state index in [4.69, 9.17) is 9.47 Å². The van der Waals surface area contributed by atoms with Crippen molar-refractivity contribution < 1.29 is 33.8 Å². The molecule has 0 bridgehead atoms. The van der Waals surface area contributed by atoms with Gasteiger partial charge in [-0.1, -0.05) is 98.8 Å². The molecule has 0 saturated carbocycles. The van der Waals surface area contributed by atoms with Crippen molar-refractivity contribution in [3.05, 3.63) is 107 Å². The summed E-state index contributed by atoms with van der Waals surface area (Å²) < 4.78 is 11.4. The molecular formula is C41H47N3O7. The van der Waals surface area contributed by atoms with Crippen LogP contribution in [0.15, 0.2) is 84.9 Å². The minimum atomic E-state index is -0.954. The molecule has 3 aromatic rings. The molecule has 0 aromatic heterocycles. The van der Waals surface area contributed by atoms with E-state index in [0.717, 1.165) is 33.4 Å². The number of hydrogen-bond donors (Lipinski definition) is 3. The number of benzene rings is 3. The van der Waals surface area contributed by atoms with Gasteiger partial charge in [-0.15, -0.1) is 0 Å². The number of amides is 3. The number of aliphatic hydroxyl groups is 1. The molecule has 0 fully saturated rings. The zero-order valence-corrected chi connectivity index (χ0v) is 29.3. The minimum absolute atomic E-state index is 0.0224. The van der Waals surface area contributed by atoms with Crippen molar-refractivity contribution in [1.82, 2.24) is 15.5 Å². The number of ether oxygens (including phenoxy) is 2. The molecular weight excluding hydrogens is 646 g/mol. The molecule has 0 spiro atoms.